The number of benzene rings is 1. The second-order valence-electron chi connectivity index (χ2n) is 5.94. The van der Waals surface area contributed by atoms with Crippen LogP contribution in [-0.2, 0) is 11.3 Å². The van der Waals surface area contributed by atoms with Crippen LogP contribution in [0.25, 0.3) is 10.6 Å². The van der Waals surface area contributed by atoms with Crippen molar-refractivity contribution in [2.75, 3.05) is 6.54 Å². The van der Waals surface area contributed by atoms with Gasteiger partial charge in [0, 0.05) is 34.2 Å². The fraction of sp³-hybridized carbons (Fsp3) is 0.412. The summed E-state index contributed by atoms with van der Waals surface area (Å²) in [5.41, 5.74) is 1.06. The lowest BCUT2D eigenvalue weighted by molar-refractivity contribution is -0.145. The molecule has 0 saturated carbocycles. The largest absolute Gasteiger partial charge is 0.481 e. The van der Waals surface area contributed by atoms with Crippen molar-refractivity contribution < 1.29 is 9.90 Å². The summed E-state index contributed by atoms with van der Waals surface area (Å²) in [5, 5.41) is 11.0. The van der Waals surface area contributed by atoms with Gasteiger partial charge in [-0.05, 0) is 38.4 Å². The predicted molar refractivity (Wildman–Crippen MR) is 92.8 cm³/mol. The second-order valence-corrected chi connectivity index (χ2v) is 7.49. The van der Waals surface area contributed by atoms with Gasteiger partial charge in [0.05, 0.1) is 5.92 Å². The number of aromatic nitrogens is 1. The molecular formula is C17H19ClN2O2S. The maximum Gasteiger partial charge on any atom is 0.308 e. The molecule has 1 fully saturated rings. The van der Waals surface area contributed by atoms with Crippen LogP contribution in [0.2, 0.25) is 5.02 Å². The van der Waals surface area contributed by atoms with E-state index in [-0.39, 0.29) is 12.0 Å². The highest BCUT2D eigenvalue weighted by molar-refractivity contribution is 7.15. The predicted octanol–water partition coefficient (Wildman–Crippen LogP) is 4.15. The Morgan fingerprint density at radius 3 is 2.87 bits per heavy atom. The van der Waals surface area contributed by atoms with Gasteiger partial charge < -0.3 is 5.11 Å². The molecule has 0 aliphatic carbocycles. The molecule has 2 aromatic rings. The number of carboxylic acid groups (broad SMARTS) is 1. The van der Waals surface area contributed by atoms with E-state index in [2.05, 4.69) is 9.88 Å². The Balaban J connectivity index is 1.71. The summed E-state index contributed by atoms with van der Waals surface area (Å²) in [5.74, 6) is -0.958. The van der Waals surface area contributed by atoms with E-state index < -0.39 is 5.97 Å². The van der Waals surface area contributed by atoms with Gasteiger partial charge in [0.25, 0.3) is 0 Å². The number of piperidine rings is 1. The van der Waals surface area contributed by atoms with Gasteiger partial charge in [-0.1, -0.05) is 23.7 Å². The van der Waals surface area contributed by atoms with Crippen molar-refractivity contribution in [3.8, 4) is 10.6 Å². The second kappa shape index (κ2) is 6.99. The van der Waals surface area contributed by atoms with Crippen LogP contribution in [0.3, 0.4) is 0 Å². The highest BCUT2D eigenvalue weighted by Gasteiger charge is 2.32. The van der Waals surface area contributed by atoms with E-state index in [1.807, 2.05) is 37.4 Å². The number of thiazole rings is 1. The van der Waals surface area contributed by atoms with Crippen LogP contribution in [-0.4, -0.2) is 33.5 Å². The Bertz CT molecular complexity index is 686. The molecule has 122 valence electrons. The minimum atomic E-state index is -0.687. The molecule has 1 aliphatic rings. The summed E-state index contributed by atoms with van der Waals surface area (Å²) in [6.45, 7) is 3.72. The molecule has 0 unspecified atom stereocenters. The van der Waals surface area contributed by atoms with Crippen molar-refractivity contribution in [1.82, 2.24) is 9.88 Å². The van der Waals surface area contributed by atoms with E-state index in [9.17, 15) is 9.90 Å². The summed E-state index contributed by atoms with van der Waals surface area (Å²) in [6.07, 6.45) is 3.60. The normalized spacial score (nSPS) is 22.2. The van der Waals surface area contributed by atoms with Crippen LogP contribution in [0.5, 0.6) is 0 Å². The molecule has 2 atom stereocenters. The zero-order valence-corrected chi connectivity index (χ0v) is 14.5. The molecule has 23 heavy (non-hydrogen) atoms. The maximum atomic E-state index is 11.3. The lowest BCUT2D eigenvalue weighted by Gasteiger charge is -2.37. The van der Waals surface area contributed by atoms with Gasteiger partial charge in [-0.3, -0.25) is 9.69 Å². The van der Waals surface area contributed by atoms with Crippen molar-refractivity contribution in [2.24, 2.45) is 5.92 Å². The molecule has 6 heteroatoms. The third-order valence-corrected chi connectivity index (χ3v) is 5.72. The lowest BCUT2D eigenvalue weighted by atomic mass is 9.90. The number of likely N-dealkylation sites (tertiary alicyclic amines) is 1. The standard InChI is InChI=1S/C17H19ClN2O2S/c1-11-15(17(21)22)3-2-8-20(11)10-14-9-19-16(23-14)12-4-6-13(18)7-5-12/h4-7,9,11,15H,2-3,8,10H2,1H3,(H,21,22)/t11-,15-/m1/s1. The summed E-state index contributed by atoms with van der Waals surface area (Å²) in [6, 6.07) is 7.72. The number of carboxylic acids is 1. The SMILES string of the molecule is C[C@@H]1[C@H](C(=O)O)CCCN1Cc1cnc(-c2ccc(Cl)cc2)s1. The number of carbonyl (C=O) groups is 1. The molecule has 1 aromatic heterocycles. The van der Waals surface area contributed by atoms with Crippen molar-refractivity contribution in [1.29, 1.82) is 0 Å². The Morgan fingerprint density at radius 1 is 1.43 bits per heavy atom. The van der Waals surface area contributed by atoms with Crippen molar-refractivity contribution >= 4 is 28.9 Å². The molecule has 0 radical (unpaired) electrons. The van der Waals surface area contributed by atoms with Gasteiger partial charge >= 0.3 is 5.97 Å². The first-order valence-electron chi connectivity index (χ1n) is 7.72. The van der Waals surface area contributed by atoms with Crippen LogP contribution >= 0.6 is 22.9 Å². The van der Waals surface area contributed by atoms with Gasteiger partial charge in [-0.25, -0.2) is 4.98 Å². The molecule has 1 N–H and O–H groups in total. The Labute approximate surface area is 144 Å². The van der Waals surface area contributed by atoms with E-state index in [0.717, 1.165) is 41.4 Å². The minimum absolute atomic E-state index is 0.0577. The van der Waals surface area contributed by atoms with Crippen LogP contribution in [0.1, 0.15) is 24.6 Å². The number of halogens is 1. The average Bonchev–Trinajstić information content (AvgIpc) is 2.98. The molecule has 0 amide bonds. The average molecular weight is 351 g/mol. The maximum absolute atomic E-state index is 11.3. The number of hydrogen-bond acceptors (Lipinski definition) is 4. The number of aliphatic carboxylic acids is 1. The van der Waals surface area contributed by atoms with Gasteiger partial charge in [0.1, 0.15) is 5.01 Å². The topological polar surface area (TPSA) is 53.4 Å². The fourth-order valence-electron chi connectivity index (χ4n) is 3.07. The molecule has 1 saturated heterocycles. The van der Waals surface area contributed by atoms with Crippen LogP contribution in [0.15, 0.2) is 30.5 Å². The van der Waals surface area contributed by atoms with Gasteiger partial charge in [0.2, 0.25) is 0 Å². The number of hydrogen-bond donors (Lipinski definition) is 1. The Hall–Kier alpha value is -1.43. The minimum Gasteiger partial charge on any atom is -0.481 e. The van der Waals surface area contributed by atoms with Gasteiger partial charge in [-0.2, -0.15) is 0 Å². The molecule has 1 aliphatic heterocycles. The fourth-order valence-corrected chi connectivity index (χ4v) is 4.14. The smallest absolute Gasteiger partial charge is 0.308 e. The zero-order valence-electron chi connectivity index (χ0n) is 12.9. The number of nitrogens with zero attached hydrogens (tertiary/aromatic N) is 2. The van der Waals surface area contributed by atoms with E-state index in [0.29, 0.717) is 5.02 Å². The van der Waals surface area contributed by atoms with E-state index in [1.165, 1.54) is 0 Å². The van der Waals surface area contributed by atoms with Crippen LogP contribution in [0.4, 0.5) is 0 Å². The molecule has 2 heterocycles. The third kappa shape index (κ3) is 3.74. The van der Waals surface area contributed by atoms with E-state index >= 15 is 0 Å². The van der Waals surface area contributed by atoms with Crippen LogP contribution < -0.4 is 0 Å². The third-order valence-electron chi connectivity index (χ3n) is 4.44. The first-order chi connectivity index (χ1) is 11.0. The first-order valence-corrected chi connectivity index (χ1v) is 8.91. The molecule has 1 aromatic carbocycles. The molecule has 4 nitrogen and oxygen atoms in total. The Morgan fingerprint density at radius 2 is 2.17 bits per heavy atom. The summed E-state index contributed by atoms with van der Waals surface area (Å²) in [7, 11) is 0. The summed E-state index contributed by atoms with van der Waals surface area (Å²) in [4.78, 5) is 19.2. The Kier molecular flexibility index (Phi) is 4.99. The van der Waals surface area contributed by atoms with Crippen molar-refractivity contribution in [2.45, 2.75) is 32.4 Å². The van der Waals surface area contributed by atoms with Gasteiger partial charge in [-0.15, -0.1) is 11.3 Å². The van der Waals surface area contributed by atoms with Crippen molar-refractivity contribution in [3.63, 3.8) is 0 Å². The van der Waals surface area contributed by atoms with Crippen molar-refractivity contribution in [3.05, 3.63) is 40.4 Å². The quantitative estimate of drug-likeness (QED) is 0.900. The highest BCUT2D eigenvalue weighted by Crippen LogP contribution is 2.30. The molecule has 3 rings (SSSR count). The zero-order chi connectivity index (χ0) is 16.4. The lowest BCUT2D eigenvalue weighted by Crippen LogP contribution is -2.45. The van der Waals surface area contributed by atoms with E-state index in [4.69, 9.17) is 11.6 Å². The molecule has 0 spiro atoms. The number of rotatable bonds is 4. The van der Waals surface area contributed by atoms with E-state index in [1.54, 1.807) is 11.3 Å². The monoisotopic (exact) mass is 350 g/mol. The summed E-state index contributed by atoms with van der Waals surface area (Å²) >= 11 is 7.57. The summed E-state index contributed by atoms with van der Waals surface area (Å²) < 4.78 is 0. The molecular weight excluding hydrogens is 332 g/mol. The molecule has 0 bridgehead atoms. The first kappa shape index (κ1) is 16.4. The highest BCUT2D eigenvalue weighted by atomic mass is 35.5. The van der Waals surface area contributed by atoms with Crippen LogP contribution in [0, 0.1) is 5.92 Å². The van der Waals surface area contributed by atoms with Gasteiger partial charge in [0.15, 0.2) is 0 Å².